The Labute approximate surface area is 120 Å². The summed E-state index contributed by atoms with van der Waals surface area (Å²) in [6.07, 6.45) is 5.29. The highest BCUT2D eigenvalue weighted by Gasteiger charge is 2.37. The lowest BCUT2D eigenvalue weighted by molar-refractivity contribution is 0.222. The van der Waals surface area contributed by atoms with E-state index in [1.54, 1.807) is 27.1 Å². The molecule has 0 amide bonds. The molecule has 0 aromatic carbocycles. The van der Waals surface area contributed by atoms with Crippen molar-refractivity contribution in [2.45, 2.75) is 26.7 Å². The summed E-state index contributed by atoms with van der Waals surface area (Å²) in [6.45, 7) is 6.04. The van der Waals surface area contributed by atoms with Gasteiger partial charge in [-0.3, -0.25) is 9.29 Å². The third-order valence-corrected chi connectivity index (χ3v) is 6.06. The Hall–Kier alpha value is -1.14. The standard InChI is InChI=1S/C14H21N3O2S/c1-11-7-12(2)10-16(9-11)20(18,19)17-6-4-13-8-15-5-3-14(13)17/h3,5,8,11-12H,4,6-7,9-10H2,1-2H3/t11-,12-/m1/s1. The Balaban J connectivity index is 1.90. The lowest BCUT2D eigenvalue weighted by atomic mass is 9.94. The summed E-state index contributed by atoms with van der Waals surface area (Å²) < 4.78 is 29.0. The molecule has 1 saturated heterocycles. The first-order chi connectivity index (χ1) is 9.48. The number of hydrogen-bond acceptors (Lipinski definition) is 3. The molecule has 0 saturated carbocycles. The van der Waals surface area contributed by atoms with Crippen LogP contribution in [0, 0.1) is 11.8 Å². The number of rotatable bonds is 2. The van der Waals surface area contributed by atoms with Crippen molar-refractivity contribution in [3.05, 3.63) is 24.0 Å². The Bertz CT molecular complexity index is 592. The molecule has 1 fully saturated rings. The van der Waals surface area contributed by atoms with Crippen molar-refractivity contribution in [3.8, 4) is 0 Å². The monoisotopic (exact) mass is 295 g/mol. The lowest BCUT2D eigenvalue weighted by Crippen LogP contribution is -2.49. The van der Waals surface area contributed by atoms with Crippen molar-refractivity contribution < 1.29 is 8.42 Å². The molecule has 20 heavy (non-hydrogen) atoms. The van der Waals surface area contributed by atoms with E-state index in [1.165, 1.54) is 0 Å². The van der Waals surface area contributed by atoms with Gasteiger partial charge >= 0.3 is 10.2 Å². The van der Waals surface area contributed by atoms with Crippen LogP contribution in [0.2, 0.25) is 0 Å². The second kappa shape index (κ2) is 5.00. The molecule has 0 aliphatic carbocycles. The summed E-state index contributed by atoms with van der Waals surface area (Å²) in [7, 11) is -3.40. The van der Waals surface area contributed by atoms with E-state index in [2.05, 4.69) is 18.8 Å². The van der Waals surface area contributed by atoms with Crippen molar-refractivity contribution >= 4 is 15.9 Å². The van der Waals surface area contributed by atoms with Crippen molar-refractivity contribution in [3.63, 3.8) is 0 Å². The molecule has 0 bridgehead atoms. The summed E-state index contributed by atoms with van der Waals surface area (Å²) in [4.78, 5) is 4.07. The van der Waals surface area contributed by atoms with Crippen LogP contribution >= 0.6 is 0 Å². The number of anilines is 1. The molecule has 5 nitrogen and oxygen atoms in total. The predicted octanol–water partition coefficient (Wildman–Crippen LogP) is 1.67. The molecule has 2 atom stereocenters. The van der Waals surface area contributed by atoms with Gasteiger partial charge in [0.05, 0.1) is 5.69 Å². The zero-order valence-electron chi connectivity index (χ0n) is 12.0. The zero-order chi connectivity index (χ0) is 14.3. The van der Waals surface area contributed by atoms with Gasteiger partial charge < -0.3 is 0 Å². The highest BCUT2D eigenvalue weighted by atomic mass is 32.2. The van der Waals surface area contributed by atoms with Gasteiger partial charge in [0.1, 0.15) is 0 Å². The number of aromatic nitrogens is 1. The maximum atomic E-state index is 12.9. The van der Waals surface area contributed by atoms with Crippen LogP contribution in [-0.2, 0) is 16.6 Å². The maximum Gasteiger partial charge on any atom is 0.304 e. The second-order valence-electron chi connectivity index (χ2n) is 6.10. The molecule has 3 heterocycles. The van der Waals surface area contributed by atoms with E-state index in [0.29, 0.717) is 31.5 Å². The summed E-state index contributed by atoms with van der Waals surface area (Å²) in [5.41, 5.74) is 1.82. The average molecular weight is 295 g/mol. The number of hydrogen-bond donors (Lipinski definition) is 0. The molecule has 110 valence electrons. The fourth-order valence-electron chi connectivity index (χ4n) is 3.37. The summed E-state index contributed by atoms with van der Waals surface area (Å²) in [5.74, 6) is 0.848. The van der Waals surface area contributed by atoms with Crippen LogP contribution in [0.15, 0.2) is 18.5 Å². The van der Waals surface area contributed by atoms with Crippen molar-refractivity contribution in [2.24, 2.45) is 11.8 Å². The minimum absolute atomic E-state index is 0.424. The molecule has 0 N–H and O–H groups in total. The van der Waals surface area contributed by atoms with Crippen LogP contribution < -0.4 is 4.31 Å². The molecular formula is C14H21N3O2S. The molecule has 1 aromatic heterocycles. The molecule has 1 aromatic rings. The van der Waals surface area contributed by atoms with Gasteiger partial charge in [0.25, 0.3) is 0 Å². The van der Waals surface area contributed by atoms with Crippen LogP contribution in [0.25, 0.3) is 0 Å². The van der Waals surface area contributed by atoms with E-state index in [9.17, 15) is 8.42 Å². The fraction of sp³-hybridized carbons (Fsp3) is 0.643. The maximum absolute atomic E-state index is 12.9. The molecule has 2 aliphatic heterocycles. The molecule has 2 aliphatic rings. The smallest absolute Gasteiger partial charge is 0.264 e. The van der Waals surface area contributed by atoms with Gasteiger partial charge in [-0.2, -0.15) is 12.7 Å². The summed E-state index contributed by atoms with van der Waals surface area (Å²) in [6, 6.07) is 1.80. The number of pyridine rings is 1. The first-order valence-electron chi connectivity index (χ1n) is 7.19. The highest BCUT2D eigenvalue weighted by molar-refractivity contribution is 7.90. The van der Waals surface area contributed by atoms with Crippen LogP contribution in [0.4, 0.5) is 5.69 Å². The van der Waals surface area contributed by atoms with Gasteiger partial charge in [-0.25, -0.2) is 0 Å². The van der Waals surface area contributed by atoms with Crippen LogP contribution in [0.3, 0.4) is 0 Å². The SMILES string of the molecule is C[C@@H]1C[C@@H](C)CN(S(=O)(=O)N2CCc3cnccc32)C1. The molecule has 0 spiro atoms. The summed E-state index contributed by atoms with van der Waals surface area (Å²) in [5, 5.41) is 0. The van der Waals surface area contributed by atoms with Gasteiger partial charge in [-0.1, -0.05) is 13.8 Å². The number of piperidine rings is 1. The van der Waals surface area contributed by atoms with Crippen molar-refractivity contribution in [1.82, 2.24) is 9.29 Å². The fourth-order valence-corrected chi connectivity index (χ4v) is 5.28. The minimum Gasteiger partial charge on any atom is -0.264 e. The number of nitrogens with zero attached hydrogens (tertiary/aromatic N) is 3. The van der Waals surface area contributed by atoms with E-state index >= 15 is 0 Å². The van der Waals surface area contributed by atoms with E-state index < -0.39 is 10.2 Å². The van der Waals surface area contributed by atoms with E-state index in [-0.39, 0.29) is 0 Å². The first kappa shape index (κ1) is 13.8. The van der Waals surface area contributed by atoms with Crippen LogP contribution in [0.5, 0.6) is 0 Å². The Morgan fingerprint density at radius 1 is 1.25 bits per heavy atom. The third kappa shape index (κ3) is 2.31. The van der Waals surface area contributed by atoms with E-state index in [4.69, 9.17) is 0 Å². The second-order valence-corrected chi connectivity index (χ2v) is 7.95. The van der Waals surface area contributed by atoms with Gasteiger partial charge in [-0.15, -0.1) is 0 Å². The molecular weight excluding hydrogens is 274 g/mol. The Morgan fingerprint density at radius 3 is 2.65 bits per heavy atom. The van der Waals surface area contributed by atoms with Gasteiger partial charge in [0.2, 0.25) is 0 Å². The van der Waals surface area contributed by atoms with Crippen molar-refractivity contribution in [2.75, 3.05) is 23.9 Å². The van der Waals surface area contributed by atoms with Gasteiger partial charge in [0.15, 0.2) is 0 Å². The highest BCUT2D eigenvalue weighted by Crippen LogP contribution is 2.32. The first-order valence-corrected chi connectivity index (χ1v) is 8.59. The lowest BCUT2D eigenvalue weighted by Gasteiger charge is -2.36. The molecule has 3 rings (SSSR count). The molecule has 6 heteroatoms. The van der Waals surface area contributed by atoms with Crippen LogP contribution in [-0.4, -0.2) is 37.3 Å². The number of fused-ring (bicyclic) bond motifs is 1. The largest absolute Gasteiger partial charge is 0.304 e. The molecule has 0 radical (unpaired) electrons. The minimum atomic E-state index is -3.40. The Morgan fingerprint density at radius 2 is 1.95 bits per heavy atom. The topological polar surface area (TPSA) is 53.5 Å². The predicted molar refractivity (Wildman–Crippen MR) is 78.7 cm³/mol. The summed E-state index contributed by atoms with van der Waals surface area (Å²) >= 11 is 0. The van der Waals surface area contributed by atoms with E-state index in [0.717, 1.165) is 24.1 Å². The average Bonchev–Trinajstić information content (AvgIpc) is 2.82. The van der Waals surface area contributed by atoms with Crippen molar-refractivity contribution in [1.29, 1.82) is 0 Å². The third-order valence-electron chi connectivity index (χ3n) is 4.17. The normalized spacial score (nSPS) is 27.6. The van der Waals surface area contributed by atoms with E-state index in [1.807, 2.05) is 0 Å². The zero-order valence-corrected chi connectivity index (χ0v) is 12.8. The van der Waals surface area contributed by atoms with Crippen LogP contribution in [0.1, 0.15) is 25.8 Å². The van der Waals surface area contributed by atoms with Gasteiger partial charge in [0, 0.05) is 32.0 Å². The quantitative estimate of drug-likeness (QED) is 0.834. The molecule has 0 unspecified atom stereocenters. The van der Waals surface area contributed by atoms with Gasteiger partial charge in [-0.05, 0) is 36.3 Å². The Kier molecular flexibility index (Phi) is 3.46.